The normalized spacial score (nSPS) is 18.1. The molecular formula is C25H29ClN5O4PS. The van der Waals surface area contributed by atoms with Crippen molar-refractivity contribution < 1.29 is 18.5 Å². The summed E-state index contributed by atoms with van der Waals surface area (Å²) >= 11 is 5.85. The number of hydrogen-bond donors (Lipinski definition) is 4. The smallest absolute Gasteiger partial charge is 0.277 e. The zero-order valence-corrected chi connectivity index (χ0v) is 23.0. The molecule has 4 N–H and O–H groups in total. The van der Waals surface area contributed by atoms with E-state index in [2.05, 4.69) is 29.0 Å². The maximum Gasteiger partial charge on any atom is 0.277 e. The molecule has 9 nitrogen and oxygen atoms in total. The zero-order valence-electron chi connectivity index (χ0n) is 20.2. The number of benzene rings is 1. The highest BCUT2D eigenvalue weighted by Gasteiger charge is 2.24. The van der Waals surface area contributed by atoms with Gasteiger partial charge in [0.25, 0.3) is 11.8 Å². The van der Waals surface area contributed by atoms with E-state index in [4.69, 9.17) is 22.1 Å². The van der Waals surface area contributed by atoms with Crippen molar-refractivity contribution in [1.29, 1.82) is 0 Å². The quantitative estimate of drug-likeness (QED) is 0.252. The van der Waals surface area contributed by atoms with Crippen molar-refractivity contribution in [3.05, 3.63) is 71.1 Å². The van der Waals surface area contributed by atoms with Gasteiger partial charge in [-0.15, -0.1) is 0 Å². The number of thiol groups is 1. The third-order valence-electron chi connectivity index (χ3n) is 5.97. The molecular weight excluding hydrogens is 533 g/mol. The van der Waals surface area contributed by atoms with Crippen LogP contribution in [0.15, 0.2) is 59.8 Å². The summed E-state index contributed by atoms with van der Waals surface area (Å²) in [4.78, 5) is 35.0. The topological polar surface area (TPSA) is 136 Å². The molecule has 0 radical (unpaired) electrons. The Hall–Kier alpha value is -2.91. The second-order valence-corrected chi connectivity index (χ2v) is 14.9. The number of pyridine rings is 2. The van der Waals surface area contributed by atoms with Gasteiger partial charge in [0.05, 0.1) is 22.4 Å². The molecule has 0 bridgehead atoms. The second kappa shape index (κ2) is 11.6. The minimum atomic E-state index is -2.67. The summed E-state index contributed by atoms with van der Waals surface area (Å²) in [7, 11) is -0.306. The van der Waals surface area contributed by atoms with E-state index in [1.165, 1.54) is 12.4 Å². The molecule has 0 saturated heterocycles. The molecule has 37 heavy (non-hydrogen) atoms. The summed E-state index contributed by atoms with van der Waals surface area (Å²) in [5, 5.41) is 5.84. The Kier molecular flexibility index (Phi) is 8.54. The van der Waals surface area contributed by atoms with E-state index in [1.807, 2.05) is 0 Å². The molecule has 1 unspecified atom stereocenters. The number of nitrogens with zero attached hydrogens (tertiary/aromatic N) is 2. The van der Waals surface area contributed by atoms with Crippen LogP contribution in [0.25, 0.3) is 0 Å². The van der Waals surface area contributed by atoms with Gasteiger partial charge in [-0.2, -0.15) is 0 Å². The van der Waals surface area contributed by atoms with Gasteiger partial charge in [-0.3, -0.25) is 13.8 Å². The van der Waals surface area contributed by atoms with Gasteiger partial charge in [-0.25, -0.2) is 9.97 Å². The standard InChI is InChI=1S/C25H29ClN5O4PS/c1-37(34,36)18-9-10-19(21(13-18)35-17-7-5-16(27)6-8-17)24(32)30-20-3-2-12-28-23(20)25(33)31-22-11-4-15(26)14-29-22/h2-4,9-14,16-17,37H,5-8,27,36H2,1H3,(H,30,32)(H,29,31,33). The monoisotopic (exact) mass is 561 g/mol. The Morgan fingerprint density at radius 1 is 1.08 bits per heavy atom. The molecule has 1 aliphatic carbocycles. The molecule has 196 valence electrons. The number of aromatic nitrogens is 2. The first kappa shape index (κ1) is 27.1. The fourth-order valence-corrected chi connectivity index (χ4v) is 5.30. The summed E-state index contributed by atoms with van der Waals surface area (Å²) in [6.07, 6.45) is 7.59. The summed E-state index contributed by atoms with van der Waals surface area (Å²) in [6.45, 7) is 0. The molecule has 0 aliphatic heterocycles. The van der Waals surface area contributed by atoms with Crippen molar-refractivity contribution in [2.24, 2.45) is 5.73 Å². The molecule has 1 atom stereocenters. The molecule has 2 heterocycles. The average molecular weight is 562 g/mol. The Labute approximate surface area is 223 Å². The van der Waals surface area contributed by atoms with Crippen LogP contribution in [0.3, 0.4) is 0 Å². The van der Waals surface area contributed by atoms with Gasteiger partial charge in [0.2, 0.25) is 0 Å². The summed E-state index contributed by atoms with van der Waals surface area (Å²) in [6, 6.07) is 11.4. The van der Waals surface area contributed by atoms with Crippen LogP contribution in [-0.2, 0) is 9.55 Å². The number of rotatable bonds is 7. The number of halogens is 1. The van der Waals surface area contributed by atoms with Crippen LogP contribution in [0.1, 0.15) is 46.5 Å². The molecule has 1 fully saturated rings. The first-order valence-corrected chi connectivity index (χ1v) is 15.9. The van der Waals surface area contributed by atoms with Crippen molar-refractivity contribution in [3.63, 3.8) is 0 Å². The highest BCUT2D eigenvalue weighted by molar-refractivity contribution is 8.44. The van der Waals surface area contributed by atoms with Gasteiger partial charge in [-0.1, -0.05) is 29.6 Å². The minimum absolute atomic E-state index is 0.0102. The van der Waals surface area contributed by atoms with Gasteiger partial charge >= 0.3 is 0 Å². The minimum Gasteiger partial charge on any atom is -0.490 e. The molecule has 1 aromatic carbocycles. The molecule has 4 rings (SSSR count). The number of carbonyl (C=O) groups is 2. The zero-order chi connectivity index (χ0) is 26.6. The molecule has 0 spiro atoms. The van der Waals surface area contributed by atoms with Crippen molar-refractivity contribution in [3.8, 4) is 5.75 Å². The number of carbonyl (C=O) groups excluding carboxylic acids is 2. The fraction of sp³-hybridized carbons (Fsp3) is 0.280. The maximum atomic E-state index is 13.4. The SMILES string of the molecule is C[SH](=O)(P)c1ccc(C(=O)Nc2cccnc2C(=O)Nc2ccc(Cl)cn2)c(OC2CCC(N)CC2)c1. The highest BCUT2D eigenvalue weighted by Crippen LogP contribution is 2.32. The van der Waals surface area contributed by atoms with E-state index in [9.17, 15) is 13.8 Å². The van der Waals surface area contributed by atoms with Gasteiger partial charge in [0.15, 0.2) is 5.69 Å². The van der Waals surface area contributed by atoms with Gasteiger partial charge in [-0.05, 0) is 74.4 Å². The lowest BCUT2D eigenvalue weighted by molar-refractivity contribution is 0.101. The van der Waals surface area contributed by atoms with Gasteiger partial charge in [0.1, 0.15) is 11.6 Å². The Bertz CT molecular complexity index is 1340. The summed E-state index contributed by atoms with van der Waals surface area (Å²) in [5.74, 6) is -0.418. The number of hydrogen-bond acceptors (Lipinski definition) is 7. The molecule has 2 amide bonds. The average Bonchev–Trinajstić information content (AvgIpc) is 2.86. The van der Waals surface area contributed by atoms with Crippen LogP contribution in [0.2, 0.25) is 5.02 Å². The molecule has 1 saturated carbocycles. The maximum absolute atomic E-state index is 13.4. The van der Waals surface area contributed by atoms with Crippen LogP contribution < -0.4 is 21.1 Å². The third kappa shape index (κ3) is 7.11. The van der Waals surface area contributed by atoms with E-state index in [0.29, 0.717) is 15.7 Å². The van der Waals surface area contributed by atoms with Crippen LogP contribution in [0.4, 0.5) is 11.5 Å². The third-order valence-corrected chi connectivity index (χ3v) is 8.40. The van der Waals surface area contributed by atoms with Gasteiger partial charge in [0, 0.05) is 23.3 Å². The first-order valence-electron chi connectivity index (χ1n) is 11.7. The van der Waals surface area contributed by atoms with Crippen LogP contribution >= 0.6 is 20.0 Å². The van der Waals surface area contributed by atoms with Crippen molar-refractivity contribution in [1.82, 2.24) is 9.97 Å². The van der Waals surface area contributed by atoms with E-state index in [0.717, 1.165) is 25.7 Å². The highest BCUT2D eigenvalue weighted by atomic mass is 35.5. The predicted octanol–water partition coefficient (Wildman–Crippen LogP) is 4.08. The fourth-order valence-electron chi connectivity index (χ4n) is 3.96. The number of nitrogens with two attached hydrogens (primary N) is 1. The van der Waals surface area contributed by atoms with E-state index in [1.54, 1.807) is 48.7 Å². The van der Waals surface area contributed by atoms with Crippen LogP contribution in [0, 0.1) is 0 Å². The first-order chi connectivity index (χ1) is 17.6. The molecule has 1 aliphatic rings. The van der Waals surface area contributed by atoms with E-state index < -0.39 is 21.4 Å². The van der Waals surface area contributed by atoms with Crippen molar-refractivity contribution in [2.75, 3.05) is 16.9 Å². The lowest BCUT2D eigenvalue weighted by Crippen LogP contribution is -2.32. The molecule has 3 aromatic rings. The largest absolute Gasteiger partial charge is 0.490 e. The molecule has 2 aromatic heterocycles. The Morgan fingerprint density at radius 2 is 1.84 bits per heavy atom. The number of nitrogens with one attached hydrogen (secondary N) is 2. The molecule has 12 heteroatoms. The van der Waals surface area contributed by atoms with E-state index in [-0.39, 0.29) is 34.9 Å². The van der Waals surface area contributed by atoms with Crippen molar-refractivity contribution >= 4 is 52.9 Å². The second-order valence-electron chi connectivity index (χ2n) is 8.99. The van der Waals surface area contributed by atoms with Crippen LogP contribution in [-0.4, -0.2) is 44.4 Å². The number of ether oxygens (including phenoxy) is 1. The Morgan fingerprint density at radius 3 is 2.51 bits per heavy atom. The van der Waals surface area contributed by atoms with Crippen LogP contribution in [0.5, 0.6) is 5.75 Å². The van der Waals surface area contributed by atoms with Gasteiger partial charge < -0.3 is 21.1 Å². The number of amides is 2. The predicted molar refractivity (Wildman–Crippen MR) is 150 cm³/mol. The summed E-state index contributed by atoms with van der Waals surface area (Å²) in [5.41, 5.74) is 6.50. The Balaban J connectivity index is 1.58. The van der Waals surface area contributed by atoms with Crippen molar-refractivity contribution in [2.45, 2.75) is 42.7 Å². The van der Waals surface area contributed by atoms with E-state index >= 15 is 0 Å². The lowest BCUT2D eigenvalue weighted by Gasteiger charge is -2.28. The lowest BCUT2D eigenvalue weighted by atomic mass is 9.93. The summed E-state index contributed by atoms with van der Waals surface area (Å²) < 4.78 is 18.9. The number of anilines is 2.